The molecule has 1 aliphatic carbocycles. The van der Waals surface area contributed by atoms with Gasteiger partial charge in [-0.25, -0.2) is 0 Å². The zero-order valence-electron chi connectivity index (χ0n) is 15.5. The molecule has 0 spiro atoms. The van der Waals surface area contributed by atoms with Crippen LogP contribution in [0, 0.1) is 11.8 Å². The van der Waals surface area contributed by atoms with Crippen molar-refractivity contribution in [1.29, 1.82) is 0 Å². The van der Waals surface area contributed by atoms with Gasteiger partial charge in [-0.2, -0.15) is 13.2 Å². The number of halogens is 3. The minimum Gasteiger partial charge on any atom is -0.490 e. The molecule has 1 aliphatic rings. The molecule has 1 fully saturated rings. The summed E-state index contributed by atoms with van der Waals surface area (Å²) in [5, 5.41) is 2.52. The third-order valence-electron chi connectivity index (χ3n) is 5.12. The molecule has 28 heavy (non-hydrogen) atoms. The van der Waals surface area contributed by atoms with Gasteiger partial charge in [-0.1, -0.05) is 13.8 Å². The number of aromatic nitrogens is 1. The normalized spacial score (nSPS) is 22.1. The highest BCUT2D eigenvalue weighted by molar-refractivity contribution is 6.06. The Morgan fingerprint density at radius 1 is 1.14 bits per heavy atom. The Balaban J connectivity index is 1.90. The van der Waals surface area contributed by atoms with E-state index in [1.54, 1.807) is 0 Å². The van der Waals surface area contributed by atoms with Crippen LogP contribution in [-0.2, 0) is 6.18 Å². The standard InChI is InChI=1S/C20H21F3N2O3/c1-11-7-15(8-12(11)2)28-17-9-13(20(21,22)23)3-4-16(17)19(27)25-14-5-6-24-18(26)10-14/h3-6,9-12,15H,7-8H2,1-2H3,(H2,24,25,26,27)/t11-,12?,15?/m1/s1. The second kappa shape index (κ2) is 7.69. The van der Waals surface area contributed by atoms with E-state index in [0.717, 1.165) is 18.2 Å². The predicted octanol–water partition coefficient (Wildman–Crippen LogP) is 4.46. The lowest BCUT2D eigenvalue weighted by molar-refractivity contribution is -0.137. The first-order valence-electron chi connectivity index (χ1n) is 9.01. The monoisotopic (exact) mass is 394 g/mol. The number of benzene rings is 1. The van der Waals surface area contributed by atoms with Gasteiger partial charge in [0.25, 0.3) is 5.91 Å². The van der Waals surface area contributed by atoms with E-state index in [9.17, 15) is 22.8 Å². The Morgan fingerprint density at radius 3 is 2.43 bits per heavy atom. The van der Waals surface area contributed by atoms with Crippen LogP contribution >= 0.6 is 0 Å². The second-order valence-electron chi connectivity index (χ2n) is 7.27. The molecule has 1 aromatic carbocycles. The number of carbonyl (C=O) groups is 1. The fourth-order valence-electron chi connectivity index (χ4n) is 3.37. The Labute approximate surface area is 159 Å². The van der Waals surface area contributed by atoms with Crippen LogP contribution in [0.3, 0.4) is 0 Å². The quantitative estimate of drug-likeness (QED) is 0.804. The number of hydrogen-bond acceptors (Lipinski definition) is 3. The first-order chi connectivity index (χ1) is 13.1. The van der Waals surface area contributed by atoms with Crippen molar-refractivity contribution in [1.82, 2.24) is 4.98 Å². The maximum Gasteiger partial charge on any atom is 0.416 e. The van der Waals surface area contributed by atoms with Gasteiger partial charge in [-0.15, -0.1) is 0 Å². The van der Waals surface area contributed by atoms with E-state index in [0.29, 0.717) is 24.7 Å². The van der Waals surface area contributed by atoms with Gasteiger partial charge >= 0.3 is 6.18 Å². The Morgan fingerprint density at radius 2 is 1.82 bits per heavy atom. The van der Waals surface area contributed by atoms with Crippen molar-refractivity contribution >= 4 is 11.6 Å². The molecule has 150 valence electrons. The van der Waals surface area contributed by atoms with Crippen LogP contribution in [0.1, 0.15) is 42.6 Å². The molecule has 0 bridgehead atoms. The molecule has 5 nitrogen and oxygen atoms in total. The van der Waals surface area contributed by atoms with Gasteiger partial charge in [0.05, 0.1) is 17.2 Å². The summed E-state index contributed by atoms with van der Waals surface area (Å²) < 4.78 is 45.2. The zero-order valence-corrected chi connectivity index (χ0v) is 15.5. The number of amides is 1. The number of pyridine rings is 1. The van der Waals surface area contributed by atoms with Crippen molar-refractivity contribution in [3.8, 4) is 5.75 Å². The number of nitrogens with one attached hydrogen (secondary N) is 2. The fraction of sp³-hybridized carbons (Fsp3) is 0.400. The first kappa shape index (κ1) is 20.0. The smallest absolute Gasteiger partial charge is 0.416 e. The first-order valence-corrected chi connectivity index (χ1v) is 9.01. The highest BCUT2D eigenvalue weighted by Crippen LogP contribution is 2.37. The van der Waals surface area contributed by atoms with Crippen molar-refractivity contribution in [3.05, 3.63) is 58.0 Å². The summed E-state index contributed by atoms with van der Waals surface area (Å²) in [6, 6.07) is 5.47. The van der Waals surface area contributed by atoms with Crippen LogP contribution in [0.25, 0.3) is 0 Å². The minimum atomic E-state index is -4.55. The van der Waals surface area contributed by atoms with E-state index in [2.05, 4.69) is 24.1 Å². The summed E-state index contributed by atoms with van der Waals surface area (Å²) in [4.78, 5) is 26.4. The van der Waals surface area contributed by atoms with Crippen molar-refractivity contribution in [2.75, 3.05) is 5.32 Å². The van der Waals surface area contributed by atoms with E-state index >= 15 is 0 Å². The highest BCUT2D eigenvalue weighted by Gasteiger charge is 2.34. The van der Waals surface area contributed by atoms with Crippen LogP contribution in [0.2, 0.25) is 0 Å². The molecule has 2 unspecified atom stereocenters. The molecule has 2 N–H and O–H groups in total. The number of carbonyl (C=O) groups excluding carboxylic acids is 1. The summed E-state index contributed by atoms with van der Waals surface area (Å²) in [7, 11) is 0. The number of aromatic amines is 1. The van der Waals surface area contributed by atoms with Crippen molar-refractivity contribution in [3.63, 3.8) is 0 Å². The van der Waals surface area contributed by atoms with Gasteiger partial charge in [0, 0.05) is 18.0 Å². The molecule has 2 aromatic rings. The number of alkyl halides is 3. The zero-order chi connectivity index (χ0) is 20.5. The molecule has 0 saturated heterocycles. The SMILES string of the molecule is CC1CC(Oc2cc(C(F)(F)F)ccc2C(=O)Nc2cc[nH]c(=O)c2)C[C@H]1C. The van der Waals surface area contributed by atoms with Crippen LogP contribution in [-0.4, -0.2) is 17.0 Å². The average Bonchev–Trinajstić information content (AvgIpc) is 2.91. The molecule has 0 aliphatic heterocycles. The van der Waals surface area contributed by atoms with E-state index in [-0.39, 0.29) is 23.1 Å². The van der Waals surface area contributed by atoms with E-state index in [1.807, 2.05) is 0 Å². The second-order valence-corrected chi connectivity index (χ2v) is 7.27. The lowest BCUT2D eigenvalue weighted by Crippen LogP contribution is -2.19. The van der Waals surface area contributed by atoms with Crippen LogP contribution < -0.4 is 15.6 Å². The van der Waals surface area contributed by atoms with Crippen LogP contribution in [0.4, 0.5) is 18.9 Å². The average molecular weight is 394 g/mol. The molecular weight excluding hydrogens is 373 g/mol. The Kier molecular flexibility index (Phi) is 5.49. The Bertz CT molecular complexity index is 913. The summed E-state index contributed by atoms with van der Waals surface area (Å²) >= 11 is 0. The molecule has 1 amide bonds. The third-order valence-corrected chi connectivity index (χ3v) is 5.12. The molecule has 8 heteroatoms. The van der Waals surface area contributed by atoms with E-state index in [1.165, 1.54) is 18.3 Å². The van der Waals surface area contributed by atoms with Gasteiger partial charge in [-0.3, -0.25) is 9.59 Å². The lowest BCUT2D eigenvalue weighted by Gasteiger charge is -2.18. The van der Waals surface area contributed by atoms with E-state index < -0.39 is 23.2 Å². The molecule has 1 saturated carbocycles. The fourth-order valence-corrected chi connectivity index (χ4v) is 3.37. The van der Waals surface area contributed by atoms with Gasteiger partial charge in [0.15, 0.2) is 0 Å². The molecular formula is C20H21F3N2O3. The Hall–Kier alpha value is -2.77. The van der Waals surface area contributed by atoms with Crippen molar-refractivity contribution in [2.24, 2.45) is 11.8 Å². The largest absolute Gasteiger partial charge is 0.490 e. The maximum atomic E-state index is 13.1. The minimum absolute atomic E-state index is 0.0134. The van der Waals surface area contributed by atoms with Gasteiger partial charge in [-0.05, 0) is 48.9 Å². The maximum absolute atomic E-state index is 13.1. The summed E-state index contributed by atoms with van der Waals surface area (Å²) in [6.45, 7) is 4.14. The van der Waals surface area contributed by atoms with Crippen molar-refractivity contribution in [2.45, 2.75) is 39.0 Å². The van der Waals surface area contributed by atoms with Gasteiger partial charge < -0.3 is 15.0 Å². The lowest BCUT2D eigenvalue weighted by atomic mass is 10.0. The summed E-state index contributed by atoms with van der Waals surface area (Å²) in [5.74, 6) is 0.0325. The number of hydrogen-bond donors (Lipinski definition) is 2. The van der Waals surface area contributed by atoms with Crippen LogP contribution in [0.5, 0.6) is 5.75 Å². The summed E-state index contributed by atoms with van der Waals surface area (Å²) in [6.07, 6.45) is -2.00. The molecule has 0 radical (unpaired) electrons. The van der Waals surface area contributed by atoms with Gasteiger partial charge in [0.1, 0.15) is 5.75 Å². The number of ether oxygens (including phenoxy) is 1. The number of anilines is 1. The summed E-state index contributed by atoms with van der Waals surface area (Å²) in [5.41, 5.74) is -1.06. The highest BCUT2D eigenvalue weighted by atomic mass is 19.4. The molecule has 1 heterocycles. The number of rotatable bonds is 4. The molecule has 1 aromatic heterocycles. The predicted molar refractivity (Wildman–Crippen MR) is 98.4 cm³/mol. The topological polar surface area (TPSA) is 71.2 Å². The van der Waals surface area contributed by atoms with Gasteiger partial charge in [0.2, 0.25) is 5.56 Å². The third kappa shape index (κ3) is 4.55. The molecule has 3 atom stereocenters. The van der Waals surface area contributed by atoms with Crippen molar-refractivity contribution < 1.29 is 22.7 Å². The van der Waals surface area contributed by atoms with E-state index in [4.69, 9.17) is 4.74 Å². The molecule has 3 rings (SSSR count). The van der Waals surface area contributed by atoms with Crippen LogP contribution in [0.15, 0.2) is 41.3 Å². The number of H-pyrrole nitrogens is 1.